The second kappa shape index (κ2) is 7.52. The molecule has 0 aromatic heterocycles. The summed E-state index contributed by atoms with van der Waals surface area (Å²) >= 11 is 0. The molecule has 6 nitrogen and oxygen atoms in total. The van der Waals surface area contributed by atoms with Gasteiger partial charge in [-0.2, -0.15) is 0 Å². The number of benzene rings is 1. The van der Waals surface area contributed by atoms with Crippen LogP contribution >= 0.6 is 0 Å². The van der Waals surface area contributed by atoms with Crippen LogP contribution in [0.2, 0.25) is 0 Å². The number of hydrogen-bond acceptors (Lipinski definition) is 5. The van der Waals surface area contributed by atoms with E-state index in [0.29, 0.717) is 17.1 Å². The highest BCUT2D eigenvalue weighted by molar-refractivity contribution is 5.99. The lowest BCUT2D eigenvalue weighted by molar-refractivity contribution is -0.145. The van der Waals surface area contributed by atoms with Crippen LogP contribution in [0.4, 0.5) is 0 Å². The largest absolute Gasteiger partial charge is 0.496 e. The fourth-order valence-electron chi connectivity index (χ4n) is 2.02. The first-order valence-corrected chi connectivity index (χ1v) is 6.50. The molecular weight excluding hydrogens is 274 g/mol. The lowest BCUT2D eigenvalue weighted by Crippen LogP contribution is -2.34. The fraction of sp³-hybridized carbons (Fsp3) is 0.467. The van der Waals surface area contributed by atoms with Gasteiger partial charge in [-0.1, -0.05) is 13.0 Å². The minimum absolute atomic E-state index is 0.243. The van der Waals surface area contributed by atoms with Gasteiger partial charge in [0.05, 0.1) is 27.2 Å². The average molecular weight is 295 g/mol. The van der Waals surface area contributed by atoms with Gasteiger partial charge in [-0.05, 0) is 12.1 Å². The molecule has 0 heterocycles. The highest BCUT2D eigenvalue weighted by Gasteiger charge is 2.24. The Morgan fingerprint density at radius 2 is 1.67 bits per heavy atom. The molecule has 0 fully saturated rings. The molecule has 1 aromatic carbocycles. The van der Waals surface area contributed by atoms with E-state index in [-0.39, 0.29) is 18.4 Å². The minimum atomic E-state index is -0.412. The quantitative estimate of drug-likeness (QED) is 0.746. The number of rotatable bonds is 6. The zero-order valence-corrected chi connectivity index (χ0v) is 13.0. The third kappa shape index (κ3) is 3.87. The highest BCUT2D eigenvalue weighted by atomic mass is 16.5. The van der Waals surface area contributed by atoms with Crippen LogP contribution in [0, 0.1) is 5.92 Å². The maximum Gasteiger partial charge on any atom is 0.310 e. The van der Waals surface area contributed by atoms with E-state index in [4.69, 9.17) is 9.47 Å². The van der Waals surface area contributed by atoms with Crippen molar-refractivity contribution in [3.05, 3.63) is 23.8 Å². The van der Waals surface area contributed by atoms with E-state index in [9.17, 15) is 9.59 Å². The molecule has 0 aliphatic carbocycles. The summed E-state index contributed by atoms with van der Waals surface area (Å²) in [5.74, 6) is -0.194. The number of amides is 1. The maximum atomic E-state index is 12.6. The molecule has 1 atom stereocenters. The van der Waals surface area contributed by atoms with Gasteiger partial charge in [-0.15, -0.1) is 0 Å². The van der Waals surface area contributed by atoms with Crippen molar-refractivity contribution < 1.29 is 23.8 Å². The first-order valence-electron chi connectivity index (χ1n) is 6.50. The summed E-state index contributed by atoms with van der Waals surface area (Å²) in [5, 5.41) is 0. The van der Waals surface area contributed by atoms with Gasteiger partial charge in [0.2, 0.25) is 0 Å². The number of carbonyl (C=O) groups excluding carboxylic acids is 2. The third-order valence-electron chi connectivity index (χ3n) is 3.14. The van der Waals surface area contributed by atoms with E-state index >= 15 is 0 Å². The number of esters is 1. The van der Waals surface area contributed by atoms with Gasteiger partial charge in [-0.3, -0.25) is 9.59 Å². The van der Waals surface area contributed by atoms with E-state index in [2.05, 4.69) is 4.74 Å². The molecule has 1 amide bonds. The van der Waals surface area contributed by atoms with Crippen LogP contribution in [0.1, 0.15) is 17.3 Å². The van der Waals surface area contributed by atoms with Crippen LogP contribution in [0.25, 0.3) is 0 Å². The normalized spacial score (nSPS) is 11.5. The van der Waals surface area contributed by atoms with Crippen LogP contribution in [0.5, 0.6) is 11.5 Å². The van der Waals surface area contributed by atoms with Gasteiger partial charge in [-0.25, -0.2) is 0 Å². The zero-order chi connectivity index (χ0) is 16.0. The summed E-state index contributed by atoms with van der Waals surface area (Å²) in [6, 6.07) is 5.12. The molecule has 0 aliphatic heterocycles. The molecule has 0 spiro atoms. The van der Waals surface area contributed by atoms with Gasteiger partial charge < -0.3 is 19.1 Å². The van der Waals surface area contributed by atoms with E-state index in [1.807, 2.05) is 0 Å². The predicted molar refractivity (Wildman–Crippen MR) is 77.7 cm³/mol. The Labute approximate surface area is 124 Å². The van der Waals surface area contributed by atoms with E-state index in [1.54, 1.807) is 32.2 Å². The van der Waals surface area contributed by atoms with Gasteiger partial charge >= 0.3 is 5.97 Å². The first kappa shape index (κ1) is 16.8. The summed E-state index contributed by atoms with van der Waals surface area (Å²) < 4.78 is 15.1. The number of carbonyl (C=O) groups is 2. The summed E-state index contributed by atoms with van der Waals surface area (Å²) in [4.78, 5) is 25.5. The Morgan fingerprint density at radius 1 is 1.14 bits per heavy atom. The van der Waals surface area contributed by atoms with Gasteiger partial charge in [0.1, 0.15) is 17.1 Å². The van der Waals surface area contributed by atoms with Gasteiger partial charge in [0.15, 0.2) is 0 Å². The van der Waals surface area contributed by atoms with Crippen LogP contribution in [-0.2, 0) is 9.53 Å². The average Bonchev–Trinajstić information content (AvgIpc) is 2.51. The Balaban J connectivity index is 3.00. The highest BCUT2D eigenvalue weighted by Crippen LogP contribution is 2.29. The molecular formula is C15H21NO5. The number of ether oxygens (including phenoxy) is 3. The predicted octanol–water partition coefficient (Wildman–Crippen LogP) is 1.58. The van der Waals surface area contributed by atoms with E-state index < -0.39 is 5.92 Å². The molecule has 6 heteroatoms. The number of hydrogen-bond donors (Lipinski definition) is 0. The summed E-state index contributed by atoms with van der Waals surface area (Å²) in [5.41, 5.74) is 0.335. The van der Waals surface area contributed by atoms with Gasteiger partial charge in [0, 0.05) is 13.6 Å². The second-order valence-electron chi connectivity index (χ2n) is 4.65. The fourth-order valence-corrected chi connectivity index (χ4v) is 2.02. The number of nitrogens with zero attached hydrogens (tertiary/aromatic N) is 1. The SMILES string of the molecule is COC(=O)C(C)CN(C)C(=O)c1c(OC)cccc1OC. The lowest BCUT2D eigenvalue weighted by Gasteiger charge is -2.22. The van der Waals surface area contributed by atoms with Crippen molar-refractivity contribution in [2.24, 2.45) is 5.92 Å². The van der Waals surface area contributed by atoms with Crippen molar-refractivity contribution >= 4 is 11.9 Å². The van der Waals surface area contributed by atoms with E-state index in [0.717, 1.165) is 0 Å². The Hall–Kier alpha value is -2.24. The van der Waals surface area contributed by atoms with Crippen molar-refractivity contribution in [2.75, 3.05) is 34.9 Å². The molecule has 0 saturated heterocycles. The second-order valence-corrected chi connectivity index (χ2v) is 4.65. The van der Waals surface area contributed by atoms with Crippen LogP contribution in [0.3, 0.4) is 0 Å². The smallest absolute Gasteiger partial charge is 0.310 e. The minimum Gasteiger partial charge on any atom is -0.496 e. The molecule has 1 unspecified atom stereocenters. The molecule has 0 saturated carbocycles. The summed E-state index contributed by atoms with van der Waals surface area (Å²) in [6.07, 6.45) is 0. The third-order valence-corrected chi connectivity index (χ3v) is 3.14. The van der Waals surface area contributed by atoms with Crippen molar-refractivity contribution in [1.82, 2.24) is 4.90 Å². The Bertz CT molecular complexity index is 493. The van der Waals surface area contributed by atoms with Crippen molar-refractivity contribution in [3.63, 3.8) is 0 Å². The monoisotopic (exact) mass is 295 g/mol. The molecule has 21 heavy (non-hydrogen) atoms. The van der Waals surface area contributed by atoms with Crippen LogP contribution in [-0.4, -0.2) is 51.7 Å². The standard InChI is InChI=1S/C15H21NO5/c1-10(15(18)21-5)9-16(2)14(17)13-11(19-3)7-6-8-12(13)20-4/h6-8,10H,9H2,1-5H3. The maximum absolute atomic E-state index is 12.6. The molecule has 0 bridgehead atoms. The van der Waals surface area contributed by atoms with Crippen LogP contribution in [0.15, 0.2) is 18.2 Å². The summed E-state index contributed by atoms with van der Waals surface area (Å²) in [6.45, 7) is 1.95. The number of methoxy groups -OCH3 is 3. The Kier molecular flexibility index (Phi) is 6.02. The first-order chi connectivity index (χ1) is 9.96. The molecule has 1 aromatic rings. The molecule has 0 N–H and O–H groups in total. The topological polar surface area (TPSA) is 65.1 Å². The molecule has 0 radical (unpaired) electrons. The molecule has 0 aliphatic rings. The van der Waals surface area contributed by atoms with E-state index in [1.165, 1.54) is 26.2 Å². The van der Waals surface area contributed by atoms with Crippen molar-refractivity contribution in [1.29, 1.82) is 0 Å². The lowest BCUT2D eigenvalue weighted by atomic mass is 10.1. The zero-order valence-electron chi connectivity index (χ0n) is 13.0. The van der Waals surface area contributed by atoms with Crippen molar-refractivity contribution in [2.45, 2.75) is 6.92 Å². The molecule has 1 rings (SSSR count). The molecule has 116 valence electrons. The van der Waals surface area contributed by atoms with Crippen LogP contribution < -0.4 is 9.47 Å². The van der Waals surface area contributed by atoms with Crippen molar-refractivity contribution in [3.8, 4) is 11.5 Å². The summed E-state index contributed by atoms with van der Waals surface area (Å²) in [7, 11) is 5.92. The van der Waals surface area contributed by atoms with Gasteiger partial charge in [0.25, 0.3) is 5.91 Å². The Morgan fingerprint density at radius 3 is 2.10 bits per heavy atom.